The molecular weight excluding hydrogens is 218 g/mol. The van der Waals surface area contributed by atoms with Crippen molar-refractivity contribution in [2.24, 2.45) is 5.73 Å². The first-order chi connectivity index (χ1) is 7.68. The predicted molar refractivity (Wildman–Crippen MR) is 72.2 cm³/mol. The van der Waals surface area contributed by atoms with Gasteiger partial charge in [0.1, 0.15) is 0 Å². The molecule has 16 heavy (non-hydrogen) atoms. The molecule has 88 valence electrons. The average Bonchev–Trinajstić information content (AvgIpc) is 2.25. The maximum Gasteiger partial charge on any atom is 0.163 e. The molecule has 0 aliphatic heterocycles. The summed E-state index contributed by atoms with van der Waals surface area (Å²) in [4.78, 5) is 2.29. The molecule has 3 N–H and O–H groups in total. The van der Waals surface area contributed by atoms with E-state index in [9.17, 15) is 0 Å². The molecule has 0 aliphatic rings. The number of thiocarbonyl (C=S) groups is 1. The number of benzene rings is 1. The maximum atomic E-state index is 5.34. The number of hydrogen-bond acceptors (Lipinski definition) is 2. The predicted octanol–water partition coefficient (Wildman–Crippen LogP) is 1.34. The second kappa shape index (κ2) is 7.19. The van der Waals surface area contributed by atoms with Crippen LogP contribution in [0.15, 0.2) is 30.3 Å². The number of rotatable bonds is 6. The molecule has 1 rings (SSSR count). The molecule has 0 amide bonds. The number of nitrogens with one attached hydrogen (secondary N) is 1. The van der Waals surface area contributed by atoms with Crippen molar-refractivity contribution in [1.29, 1.82) is 0 Å². The van der Waals surface area contributed by atoms with Crippen molar-refractivity contribution in [2.75, 3.05) is 20.1 Å². The lowest BCUT2D eigenvalue weighted by molar-refractivity contribution is 0.322. The molecule has 0 radical (unpaired) electrons. The van der Waals surface area contributed by atoms with Crippen LogP contribution in [-0.4, -0.2) is 30.1 Å². The summed E-state index contributed by atoms with van der Waals surface area (Å²) in [7, 11) is 2.12. The summed E-state index contributed by atoms with van der Waals surface area (Å²) in [5, 5.41) is 3.33. The standard InChI is InChI=1S/C12H19N3S/c1-15(9-5-8-14-12(13)16)10-11-6-3-2-4-7-11/h2-4,6-7H,5,8-10H2,1H3,(H3,13,14,16). The average molecular weight is 237 g/mol. The molecule has 0 heterocycles. The van der Waals surface area contributed by atoms with Gasteiger partial charge in [-0.25, -0.2) is 0 Å². The number of hydrogen-bond donors (Lipinski definition) is 2. The second-order valence-electron chi connectivity index (χ2n) is 3.87. The Labute approximate surface area is 103 Å². The lowest BCUT2D eigenvalue weighted by atomic mass is 10.2. The van der Waals surface area contributed by atoms with Crippen LogP contribution in [0.5, 0.6) is 0 Å². The highest BCUT2D eigenvalue weighted by molar-refractivity contribution is 7.80. The van der Waals surface area contributed by atoms with Gasteiger partial charge in [0.05, 0.1) is 0 Å². The zero-order valence-corrected chi connectivity index (χ0v) is 10.5. The van der Waals surface area contributed by atoms with Crippen molar-refractivity contribution in [3.05, 3.63) is 35.9 Å². The van der Waals surface area contributed by atoms with Crippen molar-refractivity contribution in [2.45, 2.75) is 13.0 Å². The van der Waals surface area contributed by atoms with E-state index in [0.29, 0.717) is 5.11 Å². The van der Waals surface area contributed by atoms with Gasteiger partial charge in [-0.05, 0) is 37.8 Å². The van der Waals surface area contributed by atoms with Gasteiger partial charge in [-0.1, -0.05) is 30.3 Å². The van der Waals surface area contributed by atoms with E-state index in [4.69, 9.17) is 18.0 Å². The summed E-state index contributed by atoms with van der Waals surface area (Å²) in [6.45, 7) is 2.85. The highest BCUT2D eigenvalue weighted by Gasteiger charge is 1.99. The van der Waals surface area contributed by atoms with Gasteiger partial charge >= 0.3 is 0 Å². The lowest BCUT2D eigenvalue weighted by Gasteiger charge is -2.16. The van der Waals surface area contributed by atoms with Crippen molar-refractivity contribution in [3.63, 3.8) is 0 Å². The Morgan fingerprint density at radius 1 is 1.38 bits per heavy atom. The van der Waals surface area contributed by atoms with Crippen LogP contribution in [0.1, 0.15) is 12.0 Å². The summed E-state index contributed by atoms with van der Waals surface area (Å²) >= 11 is 4.73. The molecule has 1 aromatic rings. The van der Waals surface area contributed by atoms with Crippen LogP contribution in [0.25, 0.3) is 0 Å². The van der Waals surface area contributed by atoms with Crippen molar-refractivity contribution >= 4 is 17.3 Å². The van der Waals surface area contributed by atoms with Gasteiger partial charge in [0.25, 0.3) is 0 Å². The fraction of sp³-hybridized carbons (Fsp3) is 0.417. The minimum atomic E-state index is 0.380. The molecule has 0 bridgehead atoms. The zero-order valence-electron chi connectivity index (χ0n) is 9.65. The minimum Gasteiger partial charge on any atom is -0.376 e. The highest BCUT2D eigenvalue weighted by atomic mass is 32.1. The number of nitrogens with zero attached hydrogens (tertiary/aromatic N) is 1. The SMILES string of the molecule is CN(CCCNC(N)=S)Cc1ccccc1. The van der Waals surface area contributed by atoms with Crippen LogP contribution < -0.4 is 11.1 Å². The van der Waals surface area contributed by atoms with E-state index in [1.54, 1.807) is 0 Å². The van der Waals surface area contributed by atoms with Crippen LogP contribution in [0.3, 0.4) is 0 Å². The van der Waals surface area contributed by atoms with Gasteiger partial charge in [-0.2, -0.15) is 0 Å². The summed E-state index contributed by atoms with van der Waals surface area (Å²) in [6, 6.07) is 10.5. The van der Waals surface area contributed by atoms with Gasteiger partial charge in [0.2, 0.25) is 0 Å². The largest absolute Gasteiger partial charge is 0.376 e. The number of nitrogens with two attached hydrogens (primary N) is 1. The molecule has 0 saturated heterocycles. The smallest absolute Gasteiger partial charge is 0.163 e. The Morgan fingerprint density at radius 3 is 2.69 bits per heavy atom. The molecule has 0 atom stereocenters. The van der Waals surface area contributed by atoms with E-state index >= 15 is 0 Å². The Kier molecular flexibility index (Phi) is 5.82. The van der Waals surface area contributed by atoms with Gasteiger partial charge in [-0.15, -0.1) is 0 Å². The van der Waals surface area contributed by atoms with Crippen LogP contribution in [0, 0.1) is 0 Å². The van der Waals surface area contributed by atoms with Crippen LogP contribution >= 0.6 is 12.2 Å². The summed E-state index contributed by atoms with van der Waals surface area (Å²) in [5.74, 6) is 0. The third kappa shape index (κ3) is 5.68. The van der Waals surface area contributed by atoms with Crippen LogP contribution in [-0.2, 0) is 6.54 Å². The monoisotopic (exact) mass is 237 g/mol. The molecular formula is C12H19N3S. The molecule has 0 aliphatic carbocycles. The third-order valence-electron chi connectivity index (χ3n) is 2.31. The molecule has 0 aromatic heterocycles. The van der Waals surface area contributed by atoms with Crippen LogP contribution in [0.4, 0.5) is 0 Å². The second-order valence-corrected chi connectivity index (χ2v) is 4.31. The Hall–Kier alpha value is -1.13. The molecule has 0 spiro atoms. The maximum absolute atomic E-state index is 5.34. The first kappa shape index (κ1) is 12.9. The first-order valence-corrected chi connectivity index (χ1v) is 5.85. The topological polar surface area (TPSA) is 41.3 Å². The Morgan fingerprint density at radius 2 is 2.06 bits per heavy atom. The molecule has 0 fully saturated rings. The van der Waals surface area contributed by atoms with Crippen molar-refractivity contribution in [3.8, 4) is 0 Å². The minimum absolute atomic E-state index is 0.380. The van der Waals surface area contributed by atoms with Crippen LogP contribution in [0.2, 0.25) is 0 Å². The van der Waals surface area contributed by atoms with Crippen molar-refractivity contribution in [1.82, 2.24) is 10.2 Å². The fourth-order valence-corrected chi connectivity index (χ4v) is 1.64. The quantitative estimate of drug-likeness (QED) is 0.579. The van der Waals surface area contributed by atoms with E-state index in [1.165, 1.54) is 5.56 Å². The van der Waals surface area contributed by atoms with E-state index < -0.39 is 0 Å². The molecule has 4 heteroatoms. The Balaban J connectivity index is 2.16. The van der Waals surface area contributed by atoms with Gasteiger partial charge in [0, 0.05) is 13.1 Å². The van der Waals surface area contributed by atoms with E-state index in [-0.39, 0.29) is 0 Å². The molecule has 0 saturated carbocycles. The van der Waals surface area contributed by atoms with Gasteiger partial charge in [-0.3, -0.25) is 0 Å². The van der Waals surface area contributed by atoms with Gasteiger partial charge < -0.3 is 16.0 Å². The molecule has 0 unspecified atom stereocenters. The molecule has 1 aromatic carbocycles. The zero-order chi connectivity index (χ0) is 11.8. The fourth-order valence-electron chi connectivity index (χ4n) is 1.53. The van der Waals surface area contributed by atoms with E-state index in [0.717, 1.165) is 26.1 Å². The summed E-state index contributed by atoms with van der Waals surface area (Å²) in [6.07, 6.45) is 1.04. The van der Waals surface area contributed by atoms with Gasteiger partial charge in [0.15, 0.2) is 5.11 Å². The normalized spacial score (nSPS) is 10.4. The van der Waals surface area contributed by atoms with Crippen molar-refractivity contribution < 1.29 is 0 Å². The Bertz CT molecular complexity index is 313. The highest BCUT2D eigenvalue weighted by Crippen LogP contribution is 2.02. The first-order valence-electron chi connectivity index (χ1n) is 5.44. The summed E-state index contributed by atoms with van der Waals surface area (Å²) in [5.41, 5.74) is 6.68. The molecule has 3 nitrogen and oxygen atoms in total. The summed E-state index contributed by atoms with van der Waals surface area (Å²) < 4.78 is 0. The van der Waals surface area contributed by atoms with E-state index in [1.807, 2.05) is 6.07 Å². The third-order valence-corrected chi connectivity index (χ3v) is 2.46. The lowest BCUT2D eigenvalue weighted by Crippen LogP contribution is -2.31. The van der Waals surface area contributed by atoms with E-state index in [2.05, 4.69) is 41.5 Å².